The van der Waals surface area contributed by atoms with E-state index in [1.807, 2.05) is 7.05 Å². The number of hydrogen-bond donors (Lipinski definition) is 1. The van der Waals surface area contributed by atoms with E-state index in [4.69, 9.17) is 0 Å². The standard InChI is InChI=1S/C16H23NOS/c1-17-15-7-2-3-8-16(15)19(18)14-10-9-12-5-4-6-13(12)11-14/h9-11,15-17H,2-8H2,1H3. The lowest BCUT2D eigenvalue weighted by Crippen LogP contribution is -2.42. The van der Waals surface area contributed by atoms with Crippen molar-refractivity contribution in [2.24, 2.45) is 0 Å². The number of benzene rings is 1. The topological polar surface area (TPSA) is 29.1 Å². The van der Waals surface area contributed by atoms with Crippen molar-refractivity contribution in [3.05, 3.63) is 29.3 Å². The zero-order valence-corrected chi connectivity index (χ0v) is 12.5. The summed E-state index contributed by atoms with van der Waals surface area (Å²) in [4.78, 5) is 1.05. The van der Waals surface area contributed by atoms with Crippen molar-refractivity contribution in [2.45, 2.75) is 61.1 Å². The van der Waals surface area contributed by atoms with Gasteiger partial charge in [0.05, 0.1) is 16.0 Å². The van der Waals surface area contributed by atoms with Gasteiger partial charge in [0.1, 0.15) is 0 Å². The lowest BCUT2D eigenvalue weighted by Gasteiger charge is -2.30. The molecule has 0 saturated heterocycles. The highest BCUT2D eigenvalue weighted by Gasteiger charge is 2.30. The molecule has 3 atom stereocenters. The van der Waals surface area contributed by atoms with Crippen LogP contribution in [0.25, 0.3) is 0 Å². The highest BCUT2D eigenvalue weighted by Crippen LogP contribution is 2.29. The van der Waals surface area contributed by atoms with E-state index in [2.05, 4.69) is 23.5 Å². The van der Waals surface area contributed by atoms with Crippen LogP contribution in [-0.2, 0) is 23.6 Å². The summed E-state index contributed by atoms with van der Waals surface area (Å²) in [5.74, 6) is 0. The zero-order valence-electron chi connectivity index (χ0n) is 11.7. The van der Waals surface area contributed by atoms with Gasteiger partial charge in [0.25, 0.3) is 0 Å². The molecule has 0 bridgehead atoms. The van der Waals surface area contributed by atoms with Crippen molar-refractivity contribution in [2.75, 3.05) is 7.05 Å². The Morgan fingerprint density at radius 1 is 1.11 bits per heavy atom. The molecule has 0 spiro atoms. The number of hydrogen-bond acceptors (Lipinski definition) is 2. The van der Waals surface area contributed by atoms with Crippen LogP contribution in [0.3, 0.4) is 0 Å². The molecule has 2 nitrogen and oxygen atoms in total. The minimum Gasteiger partial charge on any atom is -0.316 e. The third-order valence-electron chi connectivity index (χ3n) is 4.65. The maximum atomic E-state index is 12.8. The molecule has 1 aromatic rings. The van der Waals surface area contributed by atoms with Gasteiger partial charge < -0.3 is 5.32 Å². The highest BCUT2D eigenvalue weighted by atomic mass is 32.2. The molecule has 3 rings (SSSR count). The molecule has 3 unspecified atom stereocenters. The van der Waals surface area contributed by atoms with E-state index in [0.717, 1.165) is 17.7 Å². The summed E-state index contributed by atoms with van der Waals surface area (Å²) < 4.78 is 12.8. The van der Waals surface area contributed by atoms with Crippen molar-refractivity contribution in [3.63, 3.8) is 0 Å². The molecule has 104 valence electrons. The van der Waals surface area contributed by atoms with Gasteiger partial charge in [0, 0.05) is 10.9 Å². The lowest BCUT2D eigenvalue weighted by atomic mass is 9.95. The van der Waals surface area contributed by atoms with E-state index in [-0.39, 0.29) is 0 Å². The number of nitrogens with one attached hydrogen (secondary N) is 1. The van der Waals surface area contributed by atoms with Crippen LogP contribution in [0.15, 0.2) is 23.1 Å². The SMILES string of the molecule is CNC1CCCCC1S(=O)c1ccc2c(c1)CCC2. The molecule has 1 aromatic carbocycles. The van der Waals surface area contributed by atoms with E-state index in [1.54, 1.807) is 0 Å². The largest absolute Gasteiger partial charge is 0.316 e. The van der Waals surface area contributed by atoms with E-state index in [9.17, 15) is 4.21 Å². The van der Waals surface area contributed by atoms with Crippen LogP contribution >= 0.6 is 0 Å². The minimum atomic E-state index is -0.855. The average molecular weight is 277 g/mol. The fourth-order valence-corrected chi connectivity index (χ4v) is 5.29. The van der Waals surface area contributed by atoms with Crippen molar-refractivity contribution < 1.29 is 4.21 Å². The van der Waals surface area contributed by atoms with Gasteiger partial charge in [0.15, 0.2) is 0 Å². The molecule has 1 N–H and O–H groups in total. The van der Waals surface area contributed by atoms with Gasteiger partial charge in [-0.1, -0.05) is 18.9 Å². The summed E-state index contributed by atoms with van der Waals surface area (Å²) in [5, 5.41) is 3.65. The molecular weight excluding hydrogens is 254 g/mol. The summed E-state index contributed by atoms with van der Waals surface area (Å²) in [6.45, 7) is 0. The first-order valence-corrected chi connectivity index (χ1v) is 8.70. The van der Waals surface area contributed by atoms with Crippen LogP contribution < -0.4 is 5.32 Å². The Labute approximate surface area is 118 Å². The lowest BCUT2D eigenvalue weighted by molar-refractivity contribution is 0.399. The predicted molar refractivity (Wildman–Crippen MR) is 80.0 cm³/mol. The van der Waals surface area contributed by atoms with Crippen LogP contribution in [0, 0.1) is 0 Å². The molecule has 19 heavy (non-hydrogen) atoms. The third-order valence-corrected chi connectivity index (χ3v) is 6.48. The minimum absolute atomic E-state index is 0.290. The Balaban J connectivity index is 1.82. The predicted octanol–water partition coefficient (Wildman–Crippen LogP) is 2.81. The number of fused-ring (bicyclic) bond motifs is 1. The average Bonchev–Trinajstić information content (AvgIpc) is 2.93. The van der Waals surface area contributed by atoms with Gasteiger partial charge >= 0.3 is 0 Å². The van der Waals surface area contributed by atoms with Crippen LogP contribution in [0.5, 0.6) is 0 Å². The summed E-state index contributed by atoms with van der Waals surface area (Å²) in [5.41, 5.74) is 2.90. The van der Waals surface area contributed by atoms with Crippen molar-refractivity contribution in [3.8, 4) is 0 Å². The molecule has 0 aliphatic heterocycles. The summed E-state index contributed by atoms with van der Waals surface area (Å²) in [6.07, 6.45) is 8.37. The Bertz CT molecular complexity index is 486. The first-order chi connectivity index (χ1) is 9.29. The Morgan fingerprint density at radius 3 is 2.74 bits per heavy atom. The molecule has 2 aliphatic carbocycles. The second kappa shape index (κ2) is 5.76. The van der Waals surface area contributed by atoms with Gasteiger partial charge in [-0.2, -0.15) is 0 Å². The van der Waals surface area contributed by atoms with Crippen molar-refractivity contribution in [1.29, 1.82) is 0 Å². The van der Waals surface area contributed by atoms with E-state index < -0.39 is 10.8 Å². The van der Waals surface area contributed by atoms with Crippen LogP contribution in [0.2, 0.25) is 0 Å². The number of rotatable bonds is 3. The molecule has 0 heterocycles. The normalized spacial score (nSPS) is 28.1. The summed E-state index contributed by atoms with van der Waals surface area (Å²) >= 11 is 0. The summed E-state index contributed by atoms with van der Waals surface area (Å²) in [7, 11) is 1.15. The van der Waals surface area contributed by atoms with Gasteiger partial charge in [-0.05, 0) is 62.4 Å². The zero-order chi connectivity index (χ0) is 13.2. The second-order valence-corrected chi connectivity index (χ2v) is 7.47. The fraction of sp³-hybridized carbons (Fsp3) is 0.625. The van der Waals surface area contributed by atoms with E-state index in [1.165, 1.54) is 43.2 Å². The monoisotopic (exact) mass is 277 g/mol. The van der Waals surface area contributed by atoms with E-state index >= 15 is 0 Å². The van der Waals surface area contributed by atoms with Gasteiger partial charge in [-0.25, -0.2) is 0 Å². The third kappa shape index (κ3) is 2.63. The molecule has 2 aliphatic rings. The van der Waals surface area contributed by atoms with Crippen LogP contribution in [-0.4, -0.2) is 22.5 Å². The van der Waals surface area contributed by atoms with Crippen LogP contribution in [0.1, 0.15) is 43.2 Å². The van der Waals surface area contributed by atoms with Crippen molar-refractivity contribution in [1.82, 2.24) is 5.32 Å². The maximum absolute atomic E-state index is 12.8. The maximum Gasteiger partial charge on any atom is 0.0576 e. The molecule has 1 fully saturated rings. The van der Waals surface area contributed by atoms with Gasteiger partial charge in [0.2, 0.25) is 0 Å². The van der Waals surface area contributed by atoms with E-state index in [0.29, 0.717) is 11.3 Å². The van der Waals surface area contributed by atoms with Crippen LogP contribution in [0.4, 0.5) is 0 Å². The first-order valence-electron chi connectivity index (χ1n) is 7.49. The molecular formula is C16H23NOS. The highest BCUT2D eigenvalue weighted by molar-refractivity contribution is 7.85. The molecule has 0 radical (unpaired) electrons. The molecule has 3 heteroatoms. The van der Waals surface area contributed by atoms with Crippen molar-refractivity contribution >= 4 is 10.8 Å². The Kier molecular flexibility index (Phi) is 4.04. The number of aryl methyl sites for hydroxylation is 2. The Hall–Kier alpha value is -0.670. The summed E-state index contributed by atoms with van der Waals surface area (Å²) in [6, 6.07) is 6.93. The Morgan fingerprint density at radius 2 is 1.89 bits per heavy atom. The smallest absolute Gasteiger partial charge is 0.0576 e. The molecule has 1 saturated carbocycles. The second-order valence-electron chi connectivity index (χ2n) is 5.80. The van der Waals surface area contributed by atoms with Gasteiger partial charge in [-0.3, -0.25) is 4.21 Å². The quantitative estimate of drug-likeness (QED) is 0.920. The van der Waals surface area contributed by atoms with Gasteiger partial charge in [-0.15, -0.1) is 0 Å². The fourth-order valence-electron chi connectivity index (χ4n) is 3.53. The molecule has 0 aromatic heterocycles. The first kappa shape index (κ1) is 13.3. The molecule has 0 amide bonds.